The average Bonchev–Trinajstić information content (AvgIpc) is 3.07. The number of nitrogens with zero attached hydrogens (tertiary/aromatic N) is 1. The van der Waals surface area contributed by atoms with Crippen LogP contribution >= 0.6 is 11.6 Å². The van der Waals surface area contributed by atoms with Crippen LogP contribution in [0.3, 0.4) is 0 Å². The van der Waals surface area contributed by atoms with Crippen LogP contribution in [-0.4, -0.2) is 23.5 Å². The van der Waals surface area contributed by atoms with Crippen LogP contribution in [0.2, 0.25) is 5.15 Å². The molecule has 1 fully saturated rings. The number of rotatable bonds is 5. The van der Waals surface area contributed by atoms with Crippen LogP contribution in [0.4, 0.5) is 5.69 Å². The quantitative estimate of drug-likeness (QED) is 0.791. The molecule has 0 radical (unpaired) electrons. The number of amides is 1. The molecule has 0 saturated heterocycles. The SMILES string of the molecule is Cc1cnc(Cl)c(NC(=O)CCNC2CC2)c1. The second-order valence-electron chi connectivity index (χ2n) is 4.38. The van der Waals surface area contributed by atoms with Gasteiger partial charge < -0.3 is 10.6 Å². The standard InChI is InChI=1S/C12H16ClN3O/c1-8-6-10(12(13)15-7-8)16-11(17)4-5-14-9-2-3-9/h6-7,9,14H,2-5H2,1H3,(H,16,17). The second kappa shape index (κ2) is 5.47. The maximum Gasteiger partial charge on any atom is 0.225 e. The van der Waals surface area contributed by atoms with Crippen LogP contribution in [0.15, 0.2) is 12.3 Å². The number of pyridine rings is 1. The van der Waals surface area contributed by atoms with Gasteiger partial charge in [0.1, 0.15) is 0 Å². The van der Waals surface area contributed by atoms with Gasteiger partial charge in [0.2, 0.25) is 5.91 Å². The molecule has 1 heterocycles. The summed E-state index contributed by atoms with van der Waals surface area (Å²) in [6, 6.07) is 2.45. The molecule has 17 heavy (non-hydrogen) atoms. The van der Waals surface area contributed by atoms with E-state index in [4.69, 9.17) is 11.6 Å². The van der Waals surface area contributed by atoms with Crippen molar-refractivity contribution in [3.63, 3.8) is 0 Å². The molecule has 1 amide bonds. The molecule has 4 nitrogen and oxygen atoms in total. The Hall–Kier alpha value is -1.13. The Balaban J connectivity index is 1.81. The van der Waals surface area contributed by atoms with Crippen molar-refractivity contribution in [3.8, 4) is 0 Å². The summed E-state index contributed by atoms with van der Waals surface area (Å²) in [5, 5.41) is 6.39. The van der Waals surface area contributed by atoms with E-state index < -0.39 is 0 Å². The monoisotopic (exact) mass is 253 g/mol. The van der Waals surface area contributed by atoms with Gasteiger partial charge in [0.25, 0.3) is 0 Å². The van der Waals surface area contributed by atoms with E-state index in [9.17, 15) is 4.79 Å². The van der Waals surface area contributed by atoms with E-state index in [0.717, 1.165) is 5.56 Å². The summed E-state index contributed by atoms with van der Waals surface area (Å²) in [4.78, 5) is 15.6. The molecule has 0 aliphatic heterocycles. The minimum atomic E-state index is -0.0348. The first-order chi connectivity index (χ1) is 8.15. The zero-order chi connectivity index (χ0) is 12.3. The highest BCUT2D eigenvalue weighted by atomic mass is 35.5. The number of aryl methyl sites for hydroxylation is 1. The number of carbonyl (C=O) groups is 1. The van der Waals surface area contributed by atoms with Gasteiger partial charge in [-0.3, -0.25) is 4.79 Å². The van der Waals surface area contributed by atoms with E-state index >= 15 is 0 Å². The normalized spacial score (nSPS) is 14.7. The molecular formula is C12H16ClN3O. The van der Waals surface area contributed by atoms with Crippen molar-refractivity contribution in [3.05, 3.63) is 23.0 Å². The fourth-order valence-electron chi connectivity index (χ4n) is 1.53. The van der Waals surface area contributed by atoms with Crippen molar-refractivity contribution in [1.29, 1.82) is 0 Å². The number of carbonyl (C=O) groups excluding carboxylic acids is 1. The smallest absolute Gasteiger partial charge is 0.225 e. The Bertz CT molecular complexity index is 418. The van der Waals surface area contributed by atoms with Crippen molar-refractivity contribution < 1.29 is 4.79 Å². The summed E-state index contributed by atoms with van der Waals surface area (Å²) >= 11 is 5.89. The van der Waals surface area contributed by atoms with Crippen LogP contribution in [0.25, 0.3) is 0 Å². The largest absolute Gasteiger partial charge is 0.323 e. The highest BCUT2D eigenvalue weighted by molar-refractivity contribution is 6.32. The molecular weight excluding hydrogens is 238 g/mol. The van der Waals surface area contributed by atoms with Gasteiger partial charge in [-0.15, -0.1) is 0 Å². The summed E-state index contributed by atoms with van der Waals surface area (Å²) in [5.41, 5.74) is 1.56. The number of hydrogen-bond acceptors (Lipinski definition) is 3. The molecule has 0 spiro atoms. The zero-order valence-electron chi connectivity index (χ0n) is 9.79. The van der Waals surface area contributed by atoms with Gasteiger partial charge in [-0.1, -0.05) is 11.6 Å². The van der Waals surface area contributed by atoms with Gasteiger partial charge in [0, 0.05) is 25.2 Å². The van der Waals surface area contributed by atoms with Crippen molar-refractivity contribution in [1.82, 2.24) is 10.3 Å². The topological polar surface area (TPSA) is 54.0 Å². The third-order valence-corrected chi connectivity index (χ3v) is 2.91. The molecule has 1 saturated carbocycles. The predicted molar refractivity (Wildman–Crippen MR) is 68.3 cm³/mol. The van der Waals surface area contributed by atoms with Crippen molar-refractivity contribution in [2.45, 2.75) is 32.2 Å². The van der Waals surface area contributed by atoms with Crippen LogP contribution in [-0.2, 0) is 4.79 Å². The summed E-state index contributed by atoms with van der Waals surface area (Å²) in [6.45, 7) is 2.63. The molecule has 5 heteroatoms. The van der Waals surface area contributed by atoms with Gasteiger partial charge in [0.15, 0.2) is 5.15 Å². The third kappa shape index (κ3) is 3.98. The lowest BCUT2D eigenvalue weighted by molar-refractivity contribution is -0.116. The molecule has 1 aromatic heterocycles. The van der Waals surface area contributed by atoms with Crippen LogP contribution in [0.1, 0.15) is 24.8 Å². The van der Waals surface area contributed by atoms with E-state index in [1.807, 2.05) is 13.0 Å². The number of nitrogens with one attached hydrogen (secondary N) is 2. The first-order valence-electron chi connectivity index (χ1n) is 5.80. The average molecular weight is 254 g/mol. The summed E-state index contributed by atoms with van der Waals surface area (Å²) in [6.07, 6.45) is 4.60. The van der Waals surface area contributed by atoms with E-state index in [1.165, 1.54) is 12.8 Å². The van der Waals surface area contributed by atoms with Crippen molar-refractivity contribution in [2.24, 2.45) is 0 Å². The summed E-state index contributed by atoms with van der Waals surface area (Å²) < 4.78 is 0. The molecule has 1 aliphatic rings. The highest BCUT2D eigenvalue weighted by Crippen LogP contribution is 2.20. The lowest BCUT2D eigenvalue weighted by Gasteiger charge is -2.07. The third-order valence-electron chi connectivity index (χ3n) is 2.61. The van der Waals surface area contributed by atoms with Crippen LogP contribution < -0.4 is 10.6 Å². The lowest BCUT2D eigenvalue weighted by Crippen LogP contribution is -2.23. The number of hydrogen-bond donors (Lipinski definition) is 2. The van der Waals surface area contributed by atoms with E-state index in [1.54, 1.807) is 6.20 Å². The number of halogens is 1. The molecule has 92 valence electrons. The second-order valence-corrected chi connectivity index (χ2v) is 4.74. The Labute approximate surface area is 106 Å². The molecule has 1 aliphatic carbocycles. The van der Waals surface area contributed by atoms with Gasteiger partial charge in [-0.2, -0.15) is 0 Å². The van der Waals surface area contributed by atoms with E-state index in [2.05, 4.69) is 15.6 Å². The molecule has 2 N–H and O–H groups in total. The highest BCUT2D eigenvalue weighted by Gasteiger charge is 2.20. The first-order valence-corrected chi connectivity index (χ1v) is 6.18. The predicted octanol–water partition coefficient (Wildman–Crippen LogP) is 2.12. The molecule has 1 aromatic rings. The summed E-state index contributed by atoms with van der Waals surface area (Å²) in [7, 11) is 0. The van der Waals surface area contributed by atoms with Crippen molar-refractivity contribution >= 4 is 23.2 Å². The fraction of sp³-hybridized carbons (Fsp3) is 0.500. The maximum absolute atomic E-state index is 11.6. The Morgan fingerprint density at radius 2 is 2.35 bits per heavy atom. The van der Waals surface area contributed by atoms with Gasteiger partial charge in [-0.05, 0) is 31.4 Å². The van der Waals surface area contributed by atoms with E-state index in [-0.39, 0.29) is 5.91 Å². The summed E-state index contributed by atoms with van der Waals surface area (Å²) in [5.74, 6) is -0.0348. The van der Waals surface area contributed by atoms with Crippen LogP contribution in [0.5, 0.6) is 0 Å². The number of anilines is 1. The molecule has 0 atom stereocenters. The Morgan fingerprint density at radius 3 is 3.06 bits per heavy atom. The molecule has 0 unspecified atom stereocenters. The Morgan fingerprint density at radius 1 is 1.59 bits per heavy atom. The minimum Gasteiger partial charge on any atom is -0.323 e. The molecule has 2 rings (SSSR count). The fourth-order valence-corrected chi connectivity index (χ4v) is 1.68. The van der Waals surface area contributed by atoms with Crippen LogP contribution in [0, 0.1) is 6.92 Å². The van der Waals surface area contributed by atoms with E-state index in [0.29, 0.717) is 29.8 Å². The van der Waals surface area contributed by atoms with Gasteiger partial charge >= 0.3 is 0 Å². The lowest BCUT2D eigenvalue weighted by atomic mass is 10.3. The molecule has 0 aromatic carbocycles. The van der Waals surface area contributed by atoms with Crippen molar-refractivity contribution in [2.75, 3.05) is 11.9 Å². The maximum atomic E-state index is 11.6. The zero-order valence-corrected chi connectivity index (χ0v) is 10.5. The minimum absolute atomic E-state index is 0.0348. The first kappa shape index (κ1) is 12.3. The van der Waals surface area contributed by atoms with Gasteiger partial charge in [0.05, 0.1) is 5.69 Å². The number of aromatic nitrogens is 1. The van der Waals surface area contributed by atoms with Gasteiger partial charge in [-0.25, -0.2) is 4.98 Å². The molecule has 0 bridgehead atoms. The Kier molecular flexibility index (Phi) is 3.97.